The van der Waals surface area contributed by atoms with Crippen LogP contribution >= 0.6 is 11.8 Å². The Bertz CT molecular complexity index is 857. The normalized spacial score (nSPS) is 10.1. The Kier molecular flexibility index (Phi) is 5.43. The van der Waals surface area contributed by atoms with E-state index in [0.29, 0.717) is 11.4 Å². The van der Waals surface area contributed by atoms with Crippen molar-refractivity contribution in [1.29, 1.82) is 0 Å². The fourth-order valence-corrected chi connectivity index (χ4v) is 3.10. The van der Waals surface area contributed by atoms with E-state index in [1.165, 1.54) is 11.8 Å². The predicted octanol–water partition coefficient (Wildman–Crippen LogP) is 5.52. The van der Waals surface area contributed by atoms with E-state index < -0.39 is 6.09 Å². The summed E-state index contributed by atoms with van der Waals surface area (Å²) >= 11 is 1.43. The first-order chi connectivity index (χ1) is 12.3. The third-order valence-electron chi connectivity index (χ3n) is 3.27. The summed E-state index contributed by atoms with van der Waals surface area (Å²) in [6, 6.07) is 25.2. The molecule has 0 radical (unpaired) electrons. The highest BCUT2D eigenvalue weighted by Crippen LogP contribution is 2.35. The van der Waals surface area contributed by atoms with Crippen molar-refractivity contribution in [3.63, 3.8) is 0 Å². The first-order valence-corrected chi connectivity index (χ1v) is 8.32. The number of carbonyl (C=O) groups is 1. The van der Waals surface area contributed by atoms with Crippen molar-refractivity contribution in [2.24, 2.45) is 5.29 Å². The van der Waals surface area contributed by atoms with Gasteiger partial charge in [-0.25, -0.2) is 4.79 Å². The Morgan fingerprint density at radius 1 is 0.840 bits per heavy atom. The van der Waals surface area contributed by atoms with Crippen LogP contribution in [-0.4, -0.2) is 6.09 Å². The third kappa shape index (κ3) is 4.24. The van der Waals surface area contributed by atoms with Gasteiger partial charge in [0, 0.05) is 9.79 Å². The predicted molar refractivity (Wildman–Crippen MR) is 97.7 cm³/mol. The van der Waals surface area contributed by atoms with Crippen LogP contribution in [0.2, 0.25) is 0 Å². The van der Waals surface area contributed by atoms with Crippen LogP contribution in [0.15, 0.2) is 100 Å². The van der Waals surface area contributed by atoms with Gasteiger partial charge in [-0.3, -0.25) is 0 Å². The standard InChI is InChI=1S/C19H14N2O3S/c22-19(24-15-9-3-1-4-10-15)21(20-23)17-13-7-8-14-18(17)25-16-11-5-2-6-12-16/h1-14H. The van der Waals surface area contributed by atoms with Crippen LogP contribution in [0, 0.1) is 4.91 Å². The molecule has 6 heteroatoms. The lowest BCUT2D eigenvalue weighted by atomic mass is 10.3. The molecule has 0 saturated heterocycles. The van der Waals surface area contributed by atoms with Gasteiger partial charge in [0.05, 0.1) is 11.0 Å². The fourth-order valence-electron chi connectivity index (χ4n) is 2.14. The maximum Gasteiger partial charge on any atom is 0.443 e. The van der Waals surface area contributed by atoms with Gasteiger partial charge in [0.1, 0.15) is 5.75 Å². The zero-order valence-electron chi connectivity index (χ0n) is 13.1. The van der Waals surface area contributed by atoms with Gasteiger partial charge in [0.25, 0.3) is 0 Å². The van der Waals surface area contributed by atoms with Crippen LogP contribution in [0.3, 0.4) is 0 Å². The molecule has 0 aliphatic heterocycles. The minimum absolute atomic E-state index is 0.342. The molecule has 0 aliphatic rings. The molecular formula is C19H14N2O3S. The molecule has 25 heavy (non-hydrogen) atoms. The largest absolute Gasteiger partial charge is 0.443 e. The summed E-state index contributed by atoms with van der Waals surface area (Å²) in [4.78, 5) is 25.4. The van der Waals surface area contributed by atoms with Crippen LogP contribution in [0.1, 0.15) is 0 Å². The maximum atomic E-state index is 12.3. The SMILES string of the molecule is O=NN(C(=O)Oc1ccccc1)c1ccccc1Sc1ccccc1. The molecule has 124 valence electrons. The van der Waals surface area contributed by atoms with Crippen molar-refractivity contribution in [2.45, 2.75) is 9.79 Å². The molecule has 0 aromatic heterocycles. The van der Waals surface area contributed by atoms with E-state index in [9.17, 15) is 9.70 Å². The minimum Gasteiger partial charge on any atom is -0.409 e. The molecule has 3 rings (SSSR count). The average molecular weight is 350 g/mol. The third-order valence-corrected chi connectivity index (χ3v) is 4.34. The van der Waals surface area contributed by atoms with Crippen molar-refractivity contribution in [3.8, 4) is 5.75 Å². The number of hydrogen-bond acceptors (Lipinski definition) is 5. The number of benzene rings is 3. The second-order valence-electron chi connectivity index (χ2n) is 4.96. The molecule has 5 nitrogen and oxygen atoms in total. The molecule has 0 bridgehead atoms. The molecular weight excluding hydrogens is 336 g/mol. The second-order valence-corrected chi connectivity index (χ2v) is 6.07. The average Bonchev–Trinajstić information content (AvgIpc) is 2.65. The lowest BCUT2D eigenvalue weighted by Gasteiger charge is -2.16. The van der Waals surface area contributed by atoms with Crippen LogP contribution in [0.5, 0.6) is 5.75 Å². The summed E-state index contributed by atoms with van der Waals surface area (Å²) in [5.41, 5.74) is 0.368. The number of nitrogens with zero attached hydrogens (tertiary/aromatic N) is 2. The molecule has 0 saturated carbocycles. The monoisotopic (exact) mass is 350 g/mol. The molecule has 0 aliphatic carbocycles. The molecule has 0 unspecified atom stereocenters. The number of rotatable bonds is 5. The smallest absolute Gasteiger partial charge is 0.409 e. The molecule has 3 aromatic carbocycles. The van der Waals surface area contributed by atoms with Gasteiger partial charge in [-0.2, -0.15) is 0 Å². The van der Waals surface area contributed by atoms with Crippen molar-refractivity contribution < 1.29 is 9.53 Å². The van der Waals surface area contributed by atoms with Crippen molar-refractivity contribution >= 4 is 23.5 Å². The number of para-hydroxylation sites is 2. The Morgan fingerprint density at radius 3 is 2.12 bits per heavy atom. The van der Waals surface area contributed by atoms with E-state index >= 15 is 0 Å². The molecule has 3 aromatic rings. The summed E-state index contributed by atoms with van der Waals surface area (Å²) in [7, 11) is 0. The fraction of sp³-hybridized carbons (Fsp3) is 0. The first kappa shape index (κ1) is 16.7. The summed E-state index contributed by atoms with van der Waals surface area (Å²) < 4.78 is 5.21. The van der Waals surface area contributed by atoms with Crippen LogP contribution < -0.4 is 9.75 Å². The lowest BCUT2D eigenvalue weighted by Crippen LogP contribution is -2.28. The molecule has 0 atom stereocenters. The van der Waals surface area contributed by atoms with Gasteiger partial charge in [0.15, 0.2) is 0 Å². The van der Waals surface area contributed by atoms with Gasteiger partial charge >= 0.3 is 6.09 Å². The first-order valence-electron chi connectivity index (χ1n) is 7.50. The van der Waals surface area contributed by atoms with Gasteiger partial charge in [-0.15, -0.1) is 9.92 Å². The number of nitroso groups, excluding NO2 is 1. The Labute approximate surface area is 149 Å². The highest BCUT2D eigenvalue weighted by Gasteiger charge is 2.22. The van der Waals surface area contributed by atoms with E-state index in [4.69, 9.17) is 4.74 Å². The number of hydrogen-bond donors (Lipinski definition) is 0. The van der Waals surface area contributed by atoms with Crippen molar-refractivity contribution in [2.75, 3.05) is 5.01 Å². The summed E-state index contributed by atoms with van der Waals surface area (Å²) in [6.45, 7) is 0. The van der Waals surface area contributed by atoms with E-state index in [2.05, 4.69) is 5.29 Å². The second kappa shape index (κ2) is 8.12. The Balaban J connectivity index is 1.85. The Morgan fingerprint density at radius 2 is 1.44 bits per heavy atom. The lowest BCUT2D eigenvalue weighted by molar-refractivity contribution is 0.207. The number of anilines is 1. The van der Waals surface area contributed by atoms with Gasteiger partial charge in [-0.05, 0) is 36.4 Å². The molecule has 0 heterocycles. The zero-order chi connectivity index (χ0) is 17.5. The van der Waals surface area contributed by atoms with Crippen molar-refractivity contribution in [3.05, 3.63) is 89.8 Å². The van der Waals surface area contributed by atoms with E-state index in [1.54, 1.807) is 42.5 Å². The molecule has 0 fully saturated rings. The summed E-state index contributed by atoms with van der Waals surface area (Å²) in [5.74, 6) is 0.342. The van der Waals surface area contributed by atoms with E-state index in [1.807, 2.05) is 42.5 Å². The quantitative estimate of drug-likeness (QED) is 0.449. The zero-order valence-corrected chi connectivity index (χ0v) is 13.9. The van der Waals surface area contributed by atoms with Gasteiger partial charge in [0.2, 0.25) is 0 Å². The van der Waals surface area contributed by atoms with E-state index in [-0.39, 0.29) is 0 Å². The summed E-state index contributed by atoms with van der Waals surface area (Å²) in [6.07, 6.45) is -0.859. The molecule has 1 amide bonds. The van der Waals surface area contributed by atoms with Crippen LogP contribution in [-0.2, 0) is 0 Å². The van der Waals surface area contributed by atoms with Gasteiger partial charge in [-0.1, -0.05) is 60.3 Å². The maximum absolute atomic E-state index is 12.3. The van der Waals surface area contributed by atoms with Crippen LogP contribution in [0.4, 0.5) is 10.5 Å². The number of ether oxygens (including phenoxy) is 1. The van der Waals surface area contributed by atoms with Crippen LogP contribution in [0.25, 0.3) is 0 Å². The summed E-state index contributed by atoms with van der Waals surface area (Å²) in [5, 5.41) is 3.57. The molecule has 0 spiro atoms. The topological polar surface area (TPSA) is 59.0 Å². The highest BCUT2D eigenvalue weighted by atomic mass is 32.2. The van der Waals surface area contributed by atoms with E-state index in [0.717, 1.165) is 14.8 Å². The Hall–Kier alpha value is -3.12. The number of carbonyl (C=O) groups excluding carboxylic acids is 1. The number of amides is 1. The highest BCUT2D eigenvalue weighted by molar-refractivity contribution is 7.99. The van der Waals surface area contributed by atoms with Gasteiger partial charge < -0.3 is 4.74 Å². The van der Waals surface area contributed by atoms with Crippen molar-refractivity contribution in [1.82, 2.24) is 0 Å². The minimum atomic E-state index is -0.859. The molecule has 0 N–H and O–H groups in total.